The van der Waals surface area contributed by atoms with Gasteiger partial charge in [0.15, 0.2) is 0 Å². The Balaban J connectivity index is 2.58. The van der Waals surface area contributed by atoms with Crippen LogP contribution >= 0.6 is 11.8 Å². The zero-order valence-electron chi connectivity index (χ0n) is 5.12. The molecule has 1 N–H and O–H groups in total. The Hall–Kier alpha value is 0.260. The number of rotatable bonds is 1. The average Bonchev–Trinajstić information content (AvgIpc) is 2.10. The van der Waals surface area contributed by atoms with E-state index in [1.807, 2.05) is 6.26 Å². The predicted molar refractivity (Wildman–Crippen MR) is 39.1 cm³/mol. The van der Waals surface area contributed by atoms with Crippen LogP contribution in [0.3, 0.4) is 0 Å². The molecule has 9 heavy (non-hydrogen) atoms. The monoisotopic (exact) mass is 167 g/mol. The third-order valence-electron chi connectivity index (χ3n) is 1.27. The summed E-state index contributed by atoms with van der Waals surface area (Å²) in [5.74, 6) is 0.286. The van der Waals surface area contributed by atoms with Crippen LogP contribution in [0.4, 0.5) is 0 Å². The normalized spacial score (nSPS) is 32.8. The SMILES string of the molecule is CSC1CNS(=O)(=O)C1. The Morgan fingerprint density at radius 1 is 1.67 bits per heavy atom. The minimum atomic E-state index is -2.88. The van der Waals surface area contributed by atoms with Crippen LogP contribution in [0.2, 0.25) is 0 Å². The number of nitrogens with one attached hydrogen (secondary N) is 1. The third kappa shape index (κ3) is 1.84. The lowest BCUT2D eigenvalue weighted by Gasteiger charge is -1.96. The van der Waals surface area contributed by atoms with Gasteiger partial charge >= 0.3 is 0 Å². The summed E-state index contributed by atoms with van der Waals surface area (Å²) < 4.78 is 23.8. The van der Waals surface area contributed by atoms with Crippen molar-refractivity contribution in [1.29, 1.82) is 0 Å². The molecular formula is C4H9NO2S2. The second-order valence-corrected chi connectivity index (χ2v) is 4.98. The average molecular weight is 167 g/mol. The number of thioether (sulfide) groups is 1. The molecule has 0 aromatic heterocycles. The van der Waals surface area contributed by atoms with Gasteiger partial charge in [0.1, 0.15) is 0 Å². The largest absolute Gasteiger partial charge is 0.214 e. The number of hydrogen-bond acceptors (Lipinski definition) is 3. The van der Waals surface area contributed by atoms with Gasteiger partial charge in [0.05, 0.1) is 5.75 Å². The summed E-state index contributed by atoms with van der Waals surface area (Å²) in [6.45, 7) is 0.601. The molecular weight excluding hydrogens is 158 g/mol. The maximum absolute atomic E-state index is 10.7. The Kier molecular flexibility index (Phi) is 2.03. The summed E-state index contributed by atoms with van der Waals surface area (Å²) in [7, 11) is -2.88. The summed E-state index contributed by atoms with van der Waals surface area (Å²) in [6.07, 6.45) is 1.92. The van der Waals surface area contributed by atoms with E-state index in [0.717, 1.165) is 0 Å². The van der Waals surface area contributed by atoms with Gasteiger partial charge in [0.2, 0.25) is 10.0 Å². The maximum atomic E-state index is 10.7. The molecule has 1 heterocycles. The van der Waals surface area contributed by atoms with E-state index in [1.165, 1.54) is 0 Å². The first-order valence-corrected chi connectivity index (χ1v) is 5.58. The summed E-state index contributed by atoms with van der Waals surface area (Å²) >= 11 is 1.59. The van der Waals surface area contributed by atoms with Crippen LogP contribution < -0.4 is 4.72 Å². The van der Waals surface area contributed by atoms with Crippen LogP contribution in [-0.4, -0.2) is 32.2 Å². The van der Waals surface area contributed by atoms with Crippen molar-refractivity contribution in [3.05, 3.63) is 0 Å². The van der Waals surface area contributed by atoms with E-state index in [4.69, 9.17) is 0 Å². The van der Waals surface area contributed by atoms with Gasteiger partial charge in [-0.1, -0.05) is 0 Å². The Bertz CT molecular complexity index is 187. The summed E-state index contributed by atoms with van der Waals surface area (Å²) in [4.78, 5) is 0. The minimum absolute atomic E-state index is 0.259. The number of sulfonamides is 1. The van der Waals surface area contributed by atoms with Gasteiger partial charge in [-0.05, 0) is 6.26 Å². The van der Waals surface area contributed by atoms with E-state index < -0.39 is 10.0 Å². The molecule has 5 heteroatoms. The van der Waals surface area contributed by atoms with E-state index >= 15 is 0 Å². The second kappa shape index (κ2) is 2.48. The zero-order chi connectivity index (χ0) is 6.91. The van der Waals surface area contributed by atoms with Crippen molar-refractivity contribution in [1.82, 2.24) is 4.72 Å². The van der Waals surface area contributed by atoms with Crippen LogP contribution in [0.25, 0.3) is 0 Å². The standard InChI is InChI=1S/C4H9NO2S2/c1-8-4-2-5-9(6,7)3-4/h4-5H,2-3H2,1H3. The van der Waals surface area contributed by atoms with E-state index in [2.05, 4.69) is 4.72 Å². The van der Waals surface area contributed by atoms with Gasteiger partial charge in [0, 0.05) is 11.8 Å². The molecule has 1 aliphatic heterocycles. The van der Waals surface area contributed by atoms with Crippen molar-refractivity contribution >= 4 is 21.8 Å². The van der Waals surface area contributed by atoms with Crippen molar-refractivity contribution < 1.29 is 8.42 Å². The molecule has 3 nitrogen and oxygen atoms in total. The molecule has 0 radical (unpaired) electrons. The van der Waals surface area contributed by atoms with Crippen molar-refractivity contribution in [3.8, 4) is 0 Å². The molecule has 1 saturated heterocycles. The van der Waals surface area contributed by atoms with Crippen molar-refractivity contribution in [2.24, 2.45) is 0 Å². The lowest BCUT2D eigenvalue weighted by atomic mass is 10.5. The highest BCUT2D eigenvalue weighted by Gasteiger charge is 2.25. The lowest BCUT2D eigenvalue weighted by Crippen LogP contribution is -2.15. The highest BCUT2D eigenvalue weighted by atomic mass is 32.2. The molecule has 0 amide bonds. The fraction of sp³-hybridized carbons (Fsp3) is 1.00. The minimum Gasteiger partial charge on any atom is -0.214 e. The van der Waals surface area contributed by atoms with Crippen molar-refractivity contribution in [3.63, 3.8) is 0 Å². The molecule has 0 spiro atoms. The predicted octanol–water partition coefficient (Wildman–Crippen LogP) is -0.349. The summed E-state index contributed by atoms with van der Waals surface area (Å²) in [6, 6.07) is 0. The van der Waals surface area contributed by atoms with Gasteiger partial charge in [-0.15, -0.1) is 0 Å². The Labute approximate surface area is 59.3 Å². The molecule has 1 rings (SSSR count). The molecule has 0 bridgehead atoms. The van der Waals surface area contributed by atoms with Crippen molar-refractivity contribution in [2.75, 3.05) is 18.6 Å². The van der Waals surface area contributed by atoms with Gasteiger partial charge in [0.25, 0.3) is 0 Å². The topological polar surface area (TPSA) is 46.2 Å². The van der Waals surface area contributed by atoms with Crippen molar-refractivity contribution in [2.45, 2.75) is 5.25 Å². The molecule has 0 aromatic carbocycles. The molecule has 0 saturated carbocycles. The van der Waals surface area contributed by atoms with E-state index in [0.29, 0.717) is 6.54 Å². The first-order chi connectivity index (χ1) is 4.14. The highest BCUT2D eigenvalue weighted by Crippen LogP contribution is 2.12. The van der Waals surface area contributed by atoms with E-state index in [9.17, 15) is 8.42 Å². The molecule has 0 aromatic rings. The first kappa shape index (κ1) is 7.37. The Morgan fingerprint density at radius 3 is 2.56 bits per heavy atom. The molecule has 1 aliphatic rings. The van der Waals surface area contributed by atoms with E-state index in [1.54, 1.807) is 11.8 Å². The highest BCUT2D eigenvalue weighted by molar-refractivity contribution is 8.01. The van der Waals surface area contributed by atoms with Crippen LogP contribution in [0.5, 0.6) is 0 Å². The van der Waals surface area contributed by atoms with Gasteiger partial charge < -0.3 is 0 Å². The zero-order valence-corrected chi connectivity index (χ0v) is 6.76. The fourth-order valence-corrected chi connectivity index (χ4v) is 3.35. The van der Waals surface area contributed by atoms with Gasteiger partial charge in [-0.25, -0.2) is 13.1 Å². The lowest BCUT2D eigenvalue weighted by molar-refractivity contribution is 0.594. The summed E-state index contributed by atoms with van der Waals surface area (Å²) in [5.41, 5.74) is 0. The van der Waals surface area contributed by atoms with Gasteiger partial charge in [-0.2, -0.15) is 11.8 Å². The molecule has 0 aliphatic carbocycles. The third-order valence-corrected chi connectivity index (χ3v) is 3.93. The smallest absolute Gasteiger partial charge is 0.212 e. The first-order valence-electron chi connectivity index (χ1n) is 2.64. The number of hydrogen-bond donors (Lipinski definition) is 1. The fourth-order valence-electron chi connectivity index (χ4n) is 0.734. The Morgan fingerprint density at radius 2 is 2.33 bits per heavy atom. The van der Waals surface area contributed by atoms with Crippen LogP contribution in [0.15, 0.2) is 0 Å². The second-order valence-electron chi connectivity index (χ2n) is 1.99. The quantitative estimate of drug-likeness (QED) is 0.580. The van der Waals surface area contributed by atoms with Gasteiger partial charge in [-0.3, -0.25) is 0 Å². The van der Waals surface area contributed by atoms with Crippen LogP contribution in [-0.2, 0) is 10.0 Å². The van der Waals surface area contributed by atoms with Crippen LogP contribution in [0.1, 0.15) is 0 Å². The molecule has 1 atom stereocenters. The maximum Gasteiger partial charge on any atom is 0.212 e. The summed E-state index contributed by atoms with van der Waals surface area (Å²) in [5, 5.41) is 0.259. The van der Waals surface area contributed by atoms with Crippen LogP contribution in [0, 0.1) is 0 Å². The van der Waals surface area contributed by atoms with E-state index in [-0.39, 0.29) is 11.0 Å². The molecule has 1 unspecified atom stereocenters. The molecule has 1 fully saturated rings. The molecule has 54 valence electrons.